The summed E-state index contributed by atoms with van der Waals surface area (Å²) in [5, 5.41) is 50.1. The third-order valence-corrected chi connectivity index (χ3v) is 4.79. The van der Waals surface area contributed by atoms with Gasteiger partial charge in [0.1, 0.15) is 12.0 Å². The van der Waals surface area contributed by atoms with Crippen molar-refractivity contribution in [2.75, 3.05) is 31.5 Å². The number of rotatable bonds is 8. The Morgan fingerprint density at radius 3 is 2.58 bits per heavy atom. The number of aromatic hydroxyl groups is 1. The van der Waals surface area contributed by atoms with Crippen LogP contribution in [0.3, 0.4) is 0 Å². The lowest BCUT2D eigenvalue weighted by atomic mass is 9.81. The van der Waals surface area contributed by atoms with Gasteiger partial charge in [-0.2, -0.15) is 0 Å². The molecule has 8 N–H and O–H groups in total. The molecule has 0 aromatic heterocycles. The number of guanidine groups is 1. The molecule has 0 aliphatic carbocycles. The number of amides is 1. The lowest BCUT2D eigenvalue weighted by Crippen LogP contribution is -2.43. The number of carbonyl (C=O) groups excluding carboxylic acids is 1. The Labute approximate surface area is 180 Å². The van der Waals surface area contributed by atoms with Gasteiger partial charge in [-0.3, -0.25) is 19.9 Å². The van der Waals surface area contributed by atoms with Crippen molar-refractivity contribution in [2.24, 2.45) is 16.3 Å². The number of carboxylic acid groups (broad SMARTS) is 1. The summed E-state index contributed by atoms with van der Waals surface area (Å²) in [4.78, 5) is 27.6. The Morgan fingerprint density at radius 2 is 2.00 bits per heavy atom. The van der Waals surface area contributed by atoms with Gasteiger partial charge in [0.05, 0.1) is 25.1 Å². The number of aliphatic imine (C=N–C) groups is 1. The maximum atomic E-state index is 12.1. The molecule has 0 radical (unpaired) electrons. The van der Waals surface area contributed by atoms with E-state index in [9.17, 15) is 30.0 Å². The minimum Gasteiger partial charge on any atom is -0.508 e. The van der Waals surface area contributed by atoms with E-state index in [0.29, 0.717) is 23.8 Å². The first-order valence-electron chi connectivity index (χ1n) is 9.94. The topological polar surface area (TPSA) is 176 Å². The number of phenols is 1. The van der Waals surface area contributed by atoms with Crippen LogP contribution in [0, 0.1) is 11.3 Å². The van der Waals surface area contributed by atoms with Crippen molar-refractivity contribution in [1.82, 2.24) is 16.0 Å². The summed E-state index contributed by atoms with van der Waals surface area (Å²) in [6.45, 7) is 5.66. The van der Waals surface area contributed by atoms with Crippen molar-refractivity contribution in [2.45, 2.75) is 33.1 Å². The number of aliphatic carboxylic acids is 1. The van der Waals surface area contributed by atoms with Crippen molar-refractivity contribution in [1.29, 1.82) is 0 Å². The zero-order valence-corrected chi connectivity index (χ0v) is 17.8. The molecule has 1 amide bonds. The number of nitrogens with zero attached hydrogens (tertiary/aromatic N) is 1. The highest BCUT2D eigenvalue weighted by Crippen LogP contribution is 2.25. The Hall–Kier alpha value is -2.89. The summed E-state index contributed by atoms with van der Waals surface area (Å²) in [5.74, 6) is -1.88. The predicted octanol–water partition coefficient (Wildman–Crippen LogP) is -0.432. The van der Waals surface area contributed by atoms with Gasteiger partial charge in [-0.15, -0.1) is 0 Å². The molecule has 1 aliphatic heterocycles. The number of carbonyl (C=O) groups is 2. The van der Waals surface area contributed by atoms with E-state index >= 15 is 0 Å². The first-order valence-corrected chi connectivity index (χ1v) is 9.94. The van der Waals surface area contributed by atoms with Gasteiger partial charge >= 0.3 is 5.97 Å². The highest BCUT2D eigenvalue weighted by Gasteiger charge is 2.31. The molecule has 1 aromatic carbocycles. The number of hydrogen-bond donors (Lipinski definition) is 8. The lowest BCUT2D eigenvalue weighted by Gasteiger charge is -2.27. The van der Waals surface area contributed by atoms with Gasteiger partial charge < -0.3 is 36.4 Å². The normalized spacial score (nSPS) is 18.4. The minimum absolute atomic E-state index is 0.0283. The van der Waals surface area contributed by atoms with E-state index in [0.717, 1.165) is 0 Å². The van der Waals surface area contributed by atoms with E-state index in [4.69, 9.17) is 0 Å². The molecule has 0 spiro atoms. The van der Waals surface area contributed by atoms with Gasteiger partial charge in [0.25, 0.3) is 0 Å². The summed E-state index contributed by atoms with van der Waals surface area (Å²) >= 11 is 0. The Bertz CT molecular complexity index is 823. The fourth-order valence-electron chi connectivity index (χ4n) is 2.97. The number of β-amino-alcohol motifs (C(OH)–C–C–N with tert-alkyl or cyclic N) is 1. The van der Waals surface area contributed by atoms with Crippen LogP contribution in [0.1, 0.15) is 32.6 Å². The molecule has 172 valence electrons. The monoisotopic (exact) mass is 437 g/mol. The second-order valence-corrected chi connectivity index (χ2v) is 8.51. The summed E-state index contributed by atoms with van der Waals surface area (Å²) < 4.78 is 0. The van der Waals surface area contributed by atoms with Crippen LogP contribution in [-0.2, 0) is 9.59 Å². The number of anilines is 1. The molecule has 2 rings (SSSR count). The fraction of sp³-hybridized carbons (Fsp3) is 0.550. The molecule has 3 unspecified atom stereocenters. The van der Waals surface area contributed by atoms with E-state index in [1.807, 2.05) is 0 Å². The Balaban J connectivity index is 1.91. The standard InChI is InChI=1S/C20H31N5O6/c1-20(2,3)15(18(30)31)9-21-16(28)10-22-17(29)11-4-12(6-13(26)5-11)25-19-23-7-14(27)8-24-19/h4-6,14-15,17,22,26-27,29H,7-10H2,1-3H3,(H,21,28)(H,30,31)(H2,23,24,25). The highest BCUT2D eigenvalue weighted by molar-refractivity contribution is 5.94. The average molecular weight is 437 g/mol. The van der Waals surface area contributed by atoms with Crippen molar-refractivity contribution < 1.29 is 30.0 Å². The molecule has 31 heavy (non-hydrogen) atoms. The minimum atomic E-state index is -1.25. The van der Waals surface area contributed by atoms with E-state index in [1.54, 1.807) is 26.8 Å². The highest BCUT2D eigenvalue weighted by atomic mass is 16.4. The van der Waals surface area contributed by atoms with Crippen molar-refractivity contribution in [3.8, 4) is 5.75 Å². The van der Waals surface area contributed by atoms with Gasteiger partial charge in [-0.25, -0.2) is 0 Å². The molecule has 3 atom stereocenters. The van der Waals surface area contributed by atoms with Gasteiger partial charge in [-0.1, -0.05) is 20.8 Å². The van der Waals surface area contributed by atoms with Crippen molar-refractivity contribution in [3.63, 3.8) is 0 Å². The van der Waals surface area contributed by atoms with E-state index in [2.05, 4.69) is 26.3 Å². The van der Waals surface area contributed by atoms with Crippen LogP contribution in [0.15, 0.2) is 23.2 Å². The fourth-order valence-corrected chi connectivity index (χ4v) is 2.97. The van der Waals surface area contributed by atoms with Crippen LogP contribution in [0.5, 0.6) is 5.75 Å². The number of aliphatic hydroxyl groups excluding tert-OH is 2. The van der Waals surface area contributed by atoms with Gasteiger partial charge in [0.15, 0.2) is 5.96 Å². The van der Waals surface area contributed by atoms with Crippen LogP contribution < -0.4 is 21.3 Å². The van der Waals surface area contributed by atoms with Crippen LogP contribution in [0.2, 0.25) is 0 Å². The van der Waals surface area contributed by atoms with Gasteiger partial charge in [0.2, 0.25) is 5.91 Å². The zero-order valence-electron chi connectivity index (χ0n) is 17.8. The second kappa shape index (κ2) is 10.4. The van der Waals surface area contributed by atoms with Crippen LogP contribution in [0.25, 0.3) is 0 Å². The molecule has 11 nitrogen and oxygen atoms in total. The summed E-state index contributed by atoms with van der Waals surface area (Å²) in [6, 6.07) is 4.36. The molecular formula is C20H31N5O6. The molecule has 0 fully saturated rings. The second-order valence-electron chi connectivity index (χ2n) is 8.51. The summed E-state index contributed by atoms with van der Waals surface area (Å²) in [5.41, 5.74) is 0.245. The predicted molar refractivity (Wildman–Crippen MR) is 115 cm³/mol. The number of carboxylic acids is 1. The van der Waals surface area contributed by atoms with E-state index < -0.39 is 35.5 Å². The molecule has 0 saturated carbocycles. The van der Waals surface area contributed by atoms with Crippen LogP contribution in [0.4, 0.5) is 5.69 Å². The van der Waals surface area contributed by atoms with Crippen molar-refractivity contribution >= 4 is 23.5 Å². The number of hydrogen-bond acceptors (Lipinski definition) is 9. The van der Waals surface area contributed by atoms with E-state index in [-0.39, 0.29) is 25.4 Å². The number of benzene rings is 1. The maximum Gasteiger partial charge on any atom is 0.308 e. The largest absolute Gasteiger partial charge is 0.508 e. The quantitative estimate of drug-likeness (QED) is 0.251. The molecule has 1 aliphatic rings. The maximum absolute atomic E-state index is 12.1. The smallest absolute Gasteiger partial charge is 0.308 e. The van der Waals surface area contributed by atoms with Crippen LogP contribution in [-0.4, -0.2) is 70.5 Å². The number of aliphatic hydroxyl groups is 2. The molecular weight excluding hydrogens is 406 g/mol. The summed E-state index contributed by atoms with van der Waals surface area (Å²) in [7, 11) is 0. The molecule has 11 heteroatoms. The third-order valence-electron chi connectivity index (χ3n) is 4.79. The molecule has 0 saturated heterocycles. The summed E-state index contributed by atoms with van der Waals surface area (Å²) in [6.07, 6.45) is -1.81. The Morgan fingerprint density at radius 1 is 1.29 bits per heavy atom. The Kier molecular flexibility index (Phi) is 8.20. The van der Waals surface area contributed by atoms with E-state index in [1.165, 1.54) is 12.1 Å². The lowest BCUT2D eigenvalue weighted by molar-refractivity contribution is -0.145. The zero-order chi connectivity index (χ0) is 23.2. The average Bonchev–Trinajstić information content (AvgIpc) is 2.66. The van der Waals surface area contributed by atoms with Gasteiger partial charge in [0, 0.05) is 30.4 Å². The van der Waals surface area contributed by atoms with Gasteiger partial charge in [-0.05, 0) is 17.5 Å². The molecule has 1 aromatic rings. The SMILES string of the molecule is CC(C)(C)C(CNC(=O)CNC(O)c1cc(O)cc(NC2=NCC(O)CN2)c1)C(=O)O. The third kappa shape index (κ3) is 7.70. The van der Waals surface area contributed by atoms with Crippen molar-refractivity contribution in [3.05, 3.63) is 23.8 Å². The van der Waals surface area contributed by atoms with Crippen LogP contribution >= 0.6 is 0 Å². The first-order chi connectivity index (χ1) is 14.5. The molecule has 0 bridgehead atoms. The number of nitrogens with one attached hydrogen (secondary N) is 4. The first kappa shape index (κ1) is 24.4. The molecule has 1 heterocycles. The number of phenolic OH excluding ortho intramolecular Hbond substituents is 1.